The molecule has 1 heterocycles. The van der Waals surface area contributed by atoms with Crippen LogP contribution in [0.25, 0.3) is 0 Å². The Balaban J connectivity index is 2.06. The molecule has 1 aromatic carbocycles. The average molecular weight is 263 g/mol. The molecule has 0 spiro atoms. The smallest absolute Gasteiger partial charge is 0.125 e. The highest BCUT2D eigenvalue weighted by Gasteiger charge is 2.31. The second kappa shape index (κ2) is 7.51. The fourth-order valence-corrected chi connectivity index (χ4v) is 2.65. The zero-order valence-corrected chi connectivity index (χ0v) is 12.0. The molecule has 19 heavy (non-hydrogen) atoms. The molecule has 0 saturated carbocycles. The minimum Gasteiger partial charge on any atom is -0.493 e. The zero-order chi connectivity index (χ0) is 13.5. The summed E-state index contributed by atoms with van der Waals surface area (Å²) in [5, 5.41) is 3.51. The SMILES string of the molecule is CCCNCC1CCOC1c1ccccc1OCC. The van der Waals surface area contributed by atoms with E-state index >= 15 is 0 Å². The first-order valence-corrected chi connectivity index (χ1v) is 7.40. The van der Waals surface area contributed by atoms with E-state index in [-0.39, 0.29) is 6.10 Å². The van der Waals surface area contributed by atoms with Crippen LogP contribution in [0.3, 0.4) is 0 Å². The van der Waals surface area contributed by atoms with Crippen LogP contribution >= 0.6 is 0 Å². The Morgan fingerprint density at radius 2 is 2.16 bits per heavy atom. The lowest BCUT2D eigenvalue weighted by Crippen LogP contribution is -2.25. The van der Waals surface area contributed by atoms with Crippen molar-refractivity contribution in [2.75, 3.05) is 26.3 Å². The molecule has 2 unspecified atom stereocenters. The molecule has 1 N–H and O–H groups in total. The quantitative estimate of drug-likeness (QED) is 0.767. The molecule has 0 amide bonds. The maximum atomic E-state index is 5.95. The Hall–Kier alpha value is -1.06. The molecule has 0 aliphatic carbocycles. The van der Waals surface area contributed by atoms with Crippen molar-refractivity contribution in [3.05, 3.63) is 29.8 Å². The number of hydrogen-bond donors (Lipinski definition) is 1. The van der Waals surface area contributed by atoms with Crippen LogP contribution in [-0.4, -0.2) is 26.3 Å². The van der Waals surface area contributed by atoms with Crippen LogP contribution in [0.5, 0.6) is 5.75 Å². The van der Waals surface area contributed by atoms with Crippen LogP contribution in [0.2, 0.25) is 0 Å². The van der Waals surface area contributed by atoms with E-state index in [2.05, 4.69) is 24.4 Å². The first-order chi connectivity index (χ1) is 9.36. The summed E-state index contributed by atoms with van der Waals surface area (Å²) < 4.78 is 11.7. The van der Waals surface area contributed by atoms with E-state index in [1.807, 2.05) is 19.1 Å². The van der Waals surface area contributed by atoms with E-state index < -0.39 is 0 Å². The molecule has 0 bridgehead atoms. The van der Waals surface area contributed by atoms with Gasteiger partial charge in [0, 0.05) is 24.6 Å². The minimum atomic E-state index is 0.173. The van der Waals surface area contributed by atoms with Crippen molar-refractivity contribution >= 4 is 0 Å². The lowest BCUT2D eigenvalue weighted by Gasteiger charge is -2.21. The van der Waals surface area contributed by atoms with Gasteiger partial charge in [0.1, 0.15) is 5.75 Å². The third-order valence-electron chi connectivity index (χ3n) is 3.57. The highest BCUT2D eigenvalue weighted by atomic mass is 16.5. The van der Waals surface area contributed by atoms with E-state index in [4.69, 9.17) is 9.47 Å². The topological polar surface area (TPSA) is 30.5 Å². The standard InChI is InChI=1S/C16H25NO2/c1-3-10-17-12-13-9-11-19-16(13)14-7-5-6-8-15(14)18-4-2/h5-8,13,16-17H,3-4,9-12H2,1-2H3. The number of nitrogens with one attached hydrogen (secondary N) is 1. The molecule has 1 aromatic rings. The molecule has 3 nitrogen and oxygen atoms in total. The van der Waals surface area contributed by atoms with Crippen molar-refractivity contribution in [1.82, 2.24) is 5.32 Å². The summed E-state index contributed by atoms with van der Waals surface area (Å²) in [5.74, 6) is 1.52. The fourth-order valence-electron chi connectivity index (χ4n) is 2.65. The molecule has 106 valence electrons. The van der Waals surface area contributed by atoms with E-state index in [0.717, 1.165) is 31.9 Å². The minimum absolute atomic E-state index is 0.173. The van der Waals surface area contributed by atoms with Gasteiger partial charge in [0.05, 0.1) is 12.7 Å². The van der Waals surface area contributed by atoms with E-state index in [9.17, 15) is 0 Å². The molecule has 1 aliphatic heterocycles. The molecule has 2 rings (SSSR count). The van der Waals surface area contributed by atoms with E-state index in [1.165, 1.54) is 12.0 Å². The summed E-state index contributed by atoms with van der Waals surface area (Å²) in [7, 11) is 0. The van der Waals surface area contributed by atoms with Crippen LogP contribution in [-0.2, 0) is 4.74 Å². The molecule has 0 radical (unpaired) electrons. The lowest BCUT2D eigenvalue weighted by atomic mass is 9.94. The van der Waals surface area contributed by atoms with E-state index in [0.29, 0.717) is 12.5 Å². The van der Waals surface area contributed by atoms with Crippen molar-refractivity contribution in [2.45, 2.75) is 32.8 Å². The van der Waals surface area contributed by atoms with Gasteiger partial charge in [-0.1, -0.05) is 25.1 Å². The van der Waals surface area contributed by atoms with Crippen molar-refractivity contribution in [1.29, 1.82) is 0 Å². The first-order valence-electron chi connectivity index (χ1n) is 7.40. The third kappa shape index (κ3) is 3.71. The Labute approximate surface area is 116 Å². The van der Waals surface area contributed by atoms with Gasteiger partial charge in [-0.3, -0.25) is 0 Å². The third-order valence-corrected chi connectivity index (χ3v) is 3.57. The summed E-state index contributed by atoms with van der Waals surface area (Å²) in [6.07, 6.45) is 2.47. The predicted octanol–water partition coefficient (Wildman–Crippen LogP) is 3.16. The van der Waals surface area contributed by atoms with Crippen molar-refractivity contribution < 1.29 is 9.47 Å². The van der Waals surface area contributed by atoms with Gasteiger partial charge in [0.25, 0.3) is 0 Å². The number of hydrogen-bond acceptors (Lipinski definition) is 3. The zero-order valence-electron chi connectivity index (χ0n) is 12.0. The second-order valence-electron chi connectivity index (χ2n) is 5.02. The largest absolute Gasteiger partial charge is 0.493 e. The lowest BCUT2D eigenvalue weighted by molar-refractivity contribution is 0.0877. The molecule has 3 heteroatoms. The summed E-state index contributed by atoms with van der Waals surface area (Å²) in [6.45, 7) is 7.87. The Morgan fingerprint density at radius 3 is 2.95 bits per heavy atom. The molecule has 0 aromatic heterocycles. The van der Waals surface area contributed by atoms with Gasteiger partial charge in [-0.05, 0) is 32.4 Å². The first kappa shape index (κ1) is 14.4. The van der Waals surface area contributed by atoms with Crippen LogP contribution in [0.1, 0.15) is 38.4 Å². The van der Waals surface area contributed by atoms with Gasteiger partial charge in [-0.15, -0.1) is 0 Å². The highest BCUT2D eigenvalue weighted by Crippen LogP contribution is 2.38. The number of ether oxygens (including phenoxy) is 2. The van der Waals surface area contributed by atoms with Crippen LogP contribution in [0, 0.1) is 5.92 Å². The number of rotatable bonds is 7. The highest BCUT2D eigenvalue weighted by molar-refractivity contribution is 5.36. The van der Waals surface area contributed by atoms with Crippen molar-refractivity contribution in [2.24, 2.45) is 5.92 Å². The van der Waals surface area contributed by atoms with Gasteiger partial charge in [-0.2, -0.15) is 0 Å². The van der Waals surface area contributed by atoms with Gasteiger partial charge in [0.15, 0.2) is 0 Å². The molecule has 1 saturated heterocycles. The van der Waals surface area contributed by atoms with Crippen molar-refractivity contribution in [3.63, 3.8) is 0 Å². The summed E-state index contributed by atoms with van der Waals surface area (Å²) in [6, 6.07) is 8.26. The van der Waals surface area contributed by atoms with Crippen molar-refractivity contribution in [3.8, 4) is 5.75 Å². The maximum absolute atomic E-state index is 5.95. The summed E-state index contributed by atoms with van der Waals surface area (Å²) in [4.78, 5) is 0. The summed E-state index contributed by atoms with van der Waals surface area (Å²) >= 11 is 0. The van der Waals surface area contributed by atoms with Gasteiger partial charge < -0.3 is 14.8 Å². The Bertz CT molecular complexity index is 381. The van der Waals surface area contributed by atoms with Crippen LogP contribution in [0.4, 0.5) is 0 Å². The number of para-hydroxylation sites is 1. The Kier molecular flexibility index (Phi) is 5.67. The van der Waals surface area contributed by atoms with Gasteiger partial charge in [0.2, 0.25) is 0 Å². The molecular weight excluding hydrogens is 238 g/mol. The predicted molar refractivity (Wildman–Crippen MR) is 77.6 cm³/mol. The van der Waals surface area contributed by atoms with Crippen LogP contribution in [0.15, 0.2) is 24.3 Å². The molecule has 1 fully saturated rings. The Morgan fingerprint density at radius 1 is 1.32 bits per heavy atom. The average Bonchev–Trinajstić information content (AvgIpc) is 2.88. The van der Waals surface area contributed by atoms with E-state index in [1.54, 1.807) is 0 Å². The van der Waals surface area contributed by atoms with Crippen LogP contribution < -0.4 is 10.1 Å². The van der Waals surface area contributed by atoms with Gasteiger partial charge in [-0.25, -0.2) is 0 Å². The normalized spacial score (nSPS) is 22.6. The maximum Gasteiger partial charge on any atom is 0.125 e. The monoisotopic (exact) mass is 263 g/mol. The summed E-state index contributed by atoms with van der Waals surface area (Å²) in [5.41, 5.74) is 1.20. The molecule has 1 aliphatic rings. The fraction of sp³-hybridized carbons (Fsp3) is 0.625. The second-order valence-corrected chi connectivity index (χ2v) is 5.02. The number of benzene rings is 1. The van der Waals surface area contributed by atoms with Gasteiger partial charge >= 0.3 is 0 Å². The molecule has 2 atom stereocenters. The molecular formula is C16H25NO2.